The van der Waals surface area contributed by atoms with Gasteiger partial charge in [-0.15, -0.1) is 0 Å². The Labute approximate surface area is 98.7 Å². The molecule has 1 saturated carbocycles. The van der Waals surface area contributed by atoms with Crippen molar-refractivity contribution in [1.29, 1.82) is 0 Å². The lowest BCUT2D eigenvalue weighted by atomic mass is 9.96. The third-order valence-electron chi connectivity index (χ3n) is 2.92. The molecule has 7 heteroatoms. The quantitative estimate of drug-likeness (QED) is 0.508. The minimum absolute atomic E-state index is 0.0353. The van der Waals surface area contributed by atoms with E-state index >= 15 is 0 Å². The SMILES string of the molecule is NC(=O)CNC(=O)NCC1CCCC1C(=O)O. The number of carbonyl (C=O) groups is 3. The second kappa shape index (κ2) is 6.07. The zero-order chi connectivity index (χ0) is 12.8. The predicted molar refractivity (Wildman–Crippen MR) is 59.1 cm³/mol. The van der Waals surface area contributed by atoms with Crippen LogP contribution < -0.4 is 16.4 Å². The summed E-state index contributed by atoms with van der Waals surface area (Å²) >= 11 is 0. The second-order valence-electron chi connectivity index (χ2n) is 4.17. The van der Waals surface area contributed by atoms with Crippen LogP contribution in [0.5, 0.6) is 0 Å². The van der Waals surface area contributed by atoms with Gasteiger partial charge in [-0.3, -0.25) is 9.59 Å². The molecular formula is C10H17N3O4. The molecule has 0 aromatic rings. The lowest BCUT2D eigenvalue weighted by Gasteiger charge is -2.16. The Hall–Kier alpha value is -1.79. The molecule has 1 aliphatic carbocycles. The van der Waals surface area contributed by atoms with Gasteiger partial charge in [-0.1, -0.05) is 6.42 Å². The molecule has 2 atom stereocenters. The molecule has 0 aromatic carbocycles. The Balaban J connectivity index is 2.27. The number of nitrogens with two attached hydrogens (primary N) is 1. The van der Waals surface area contributed by atoms with Crippen molar-refractivity contribution in [3.8, 4) is 0 Å². The number of urea groups is 1. The normalized spacial score (nSPS) is 23.1. The smallest absolute Gasteiger partial charge is 0.315 e. The monoisotopic (exact) mass is 243 g/mol. The first-order valence-electron chi connectivity index (χ1n) is 5.53. The van der Waals surface area contributed by atoms with Gasteiger partial charge in [-0.05, 0) is 18.8 Å². The number of primary amides is 1. The van der Waals surface area contributed by atoms with Gasteiger partial charge < -0.3 is 21.5 Å². The molecule has 17 heavy (non-hydrogen) atoms. The zero-order valence-corrected chi connectivity index (χ0v) is 9.44. The summed E-state index contributed by atoms with van der Waals surface area (Å²) in [5, 5.41) is 13.8. The summed E-state index contributed by atoms with van der Waals surface area (Å²) in [6.45, 7) is 0.0838. The van der Waals surface area contributed by atoms with Gasteiger partial charge in [0.25, 0.3) is 0 Å². The van der Waals surface area contributed by atoms with Crippen LogP contribution in [0.25, 0.3) is 0 Å². The Morgan fingerprint density at radius 2 is 1.94 bits per heavy atom. The highest BCUT2D eigenvalue weighted by atomic mass is 16.4. The topological polar surface area (TPSA) is 122 Å². The largest absolute Gasteiger partial charge is 0.481 e. The highest BCUT2D eigenvalue weighted by molar-refractivity contribution is 5.82. The highest BCUT2D eigenvalue weighted by Crippen LogP contribution is 2.31. The molecule has 96 valence electrons. The van der Waals surface area contributed by atoms with Crippen molar-refractivity contribution in [2.45, 2.75) is 19.3 Å². The fraction of sp³-hybridized carbons (Fsp3) is 0.700. The van der Waals surface area contributed by atoms with Gasteiger partial charge >= 0.3 is 12.0 Å². The third kappa shape index (κ3) is 4.29. The molecule has 1 aliphatic rings. The number of amides is 3. The fourth-order valence-electron chi connectivity index (χ4n) is 2.06. The van der Waals surface area contributed by atoms with Crippen LogP contribution in [0.15, 0.2) is 0 Å². The number of rotatable bonds is 5. The van der Waals surface area contributed by atoms with Crippen LogP contribution in [-0.2, 0) is 9.59 Å². The Morgan fingerprint density at radius 1 is 1.24 bits per heavy atom. The van der Waals surface area contributed by atoms with E-state index in [4.69, 9.17) is 10.8 Å². The first-order chi connectivity index (χ1) is 8.00. The first kappa shape index (κ1) is 13.3. The summed E-state index contributed by atoms with van der Waals surface area (Å²) in [4.78, 5) is 32.5. The first-order valence-corrected chi connectivity index (χ1v) is 5.53. The molecule has 0 aliphatic heterocycles. The van der Waals surface area contributed by atoms with Crippen molar-refractivity contribution in [3.63, 3.8) is 0 Å². The third-order valence-corrected chi connectivity index (χ3v) is 2.92. The van der Waals surface area contributed by atoms with Gasteiger partial charge in [0, 0.05) is 6.54 Å². The standard InChI is InChI=1S/C10H17N3O4/c11-8(14)5-13-10(17)12-4-6-2-1-3-7(6)9(15)16/h6-7H,1-5H2,(H2,11,14)(H,15,16)(H2,12,13,17). The lowest BCUT2D eigenvalue weighted by Crippen LogP contribution is -2.42. The molecule has 7 nitrogen and oxygen atoms in total. The van der Waals surface area contributed by atoms with Gasteiger partial charge in [0.15, 0.2) is 0 Å². The number of carboxylic acid groups (broad SMARTS) is 1. The molecular weight excluding hydrogens is 226 g/mol. The maximum absolute atomic E-state index is 11.2. The number of carboxylic acids is 1. The molecule has 1 rings (SSSR count). The Bertz CT molecular complexity index is 319. The zero-order valence-electron chi connectivity index (χ0n) is 9.44. The summed E-state index contributed by atoms with van der Waals surface area (Å²) in [6.07, 6.45) is 2.32. The van der Waals surface area contributed by atoms with E-state index in [0.29, 0.717) is 13.0 Å². The van der Waals surface area contributed by atoms with Crippen molar-refractivity contribution in [2.75, 3.05) is 13.1 Å². The van der Waals surface area contributed by atoms with Crippen LogP contribution in [0.3, 0.4) is 0 Å². The van der Waals surface area contributed by atoms with Gasteiger partial charge in [0.05, 0.1) is 12.5 Å². The van der Waals surface area contributed by atoms with E-state index in [9.17, 15) is 14.4 Å². The molecule has 0 heterocycles. The Morgan fingerprint density at radius 3 is 2.53 bits per heavy atom. The number of hydrogen-bond acceptors (Lipinski definition) is 3. The van der Waals surface area contributed by atoms with E-state index in [1.54, 1.807) is 0 Å². The van der Waals surface area contributed by atoms with Crippen molar-refractivity contribution >= 4 is 17.9 Å². The number of carbonyl (C=O) groups excluding carboxylic acids is 2. The predicted octanol–water partition coefficient (Wildman–Crippen LogP) is -0.728. The van der Waals surface area contributed by atoms with Crippen LogP contribution in [0.4, 0.5) is 4.79 Å². The highest BCUT2D eigenvalue weighted by Gasteiger charge is 2.32. The molecule has 0 bridgehead atoms. The lowest BCUT2D eigenvalue weighted by molar-refractivity contribution is -0.142. The average Bonchev–Trinajstić information content (AvgIpc) is 2.71. The summed E-state index contributed by atoms with van der Waals surface area (Å²) in [7, 11) is 0. The number of nitrogens with one attached hydrogen (secondary N) is 2. The molecule has 5 N–H and O–H groups in total. The average molecular weight is 243 g/mol. The summed E-state index contributed by atoms with van der Waals surface area (Å²) in [5.41, 5.74) is 4.86. The summed E-state index contributed by atoms with van der Waals surface area (Å²) in [6, 6.07) is -0.500. The van der Waals surface area contributed by atoms with Crippen molar-refractivity contribution < 1.29 is 19.5 Å². The van der Waals surface area contributed by atoms with Gasteiger partial charge in [0.1, 0.15) is 0 Å². The maximum Gasteiger partial charge on any atom is 0.315 e. The van der Waals surface area contributed by atoms with Crippen LogP contribution in [0.2, 0.25) is 0 Å². The molecule has 0 radical (unpaired) electrons. The number of aliphatic carboxylic acids is 1. The van der Waals surface area contributed by atoms with Crippen molar-refractivity contribution in [1.82, 2.24) is 10.6 Å². The van der Waals surface area contributed by atoms with Crippen LogP contribution in [0.1, 0.15) is 19.3 Å². The van der Waals surface area contributed by atoms with Crippen LogP contribution >= 0.6 is 0 Å². The van der Waals surface area contributed by atoms with Gasteiger partial charge in [-0.25, -0.2) is 4.79 Å². The van der Waals surface area contributed by atoms with E-state index in [2.05, 4.69) is 10.6 Å². The van der Waals surface area contributed by atoms with Crippen LogP contribution in [0, 0.1) is 11.8 Å². The number of hydrogen-bond donors (Lipinski definition) is 4. The van der Waals surface area contributed by atoms with Crippen molar-refractivity contribution in [3.05, 3.63) is 0 Å². The van der Waals surface area contributed by atoms with Crippen molar-refractivity contribution in [2.24, 2.45) is 17.6 Å². The van der Waals surface area contributed by atoms with E-state index < -0.39 is 17.9 Å². The van der Waals surface area contributed by atoms with E-state index in [0.717, 1.165) is 12.8 Å². The molecule has 0 aromatic heterocycles. The molecule has 1 fully saturated rings. The minimum Gasteiger partial charge on any atom is -0.481 e. The molecule has 0 spiro atoms. The maximum atomic E-state index is 11.2. The van der Waals surface area contributed by atoms with Gasteiger partial charge in [0.2, 0.25) is 5.91 Å². The van der Waals surface area contributed by atoms with E-state index in [1.165, 1.54) is 0 Å². The molecule has 0 saturated heterocycles. The second-order valence-corrected chi connectivity index (χ2v) is 4.17. The fourth-order valence-corrected chi connectivity index (χ4v) is 2.06. The van der Waals surface area contributed by atoms with E-state index in [-0.39, 0.29) is 18.4 Å². The van der Waals surface area contributed by atoms with Crippen LogP contribution in [-0.4, -0.2) is 36.1 Å². The van der Waals surface area contributed by atoms with Gasteiger partial charge in [-0.2, -0.15) is 0 Å². The molecule has 2 unspecified atom stereocenters. The van der Waals surface area contributed by atoms with E-state index in [1.807, 2.05) is 0 Å². The molecule has 3 amide bonds. The Kier molecular flexibility index (Phi) is 4.74. The minimum atomic E-state index is -0.813. The summed E-state index contributed by atoms with van der Waals surface area (Å²) in [5.74, 6) is -1.85. The summed E-state index contributed by atoms with van der Waals surface area (Å²) < 4.78 is 0.